The van der Waals surface area contributed by atoms with Crippen molar-refractivity contribution in [2.75, 3.05) is 13.2 Å². The van der Waals surface area contributed by atoms with Gasteiger partial charge >= 0.3 is 5.97 Å². The first-order valence-electron chi connectivity index (χ1n) is 13.4. The van der Waals surface area contributed by atoms with Crippen LogP contribution in [0.2, 0.25) is 0 Å². The average molecular weight is 712 g/mol. The first-order chi connectivity index (χ1) is 20.3. The zero-order valence-electron chi connectivity index (χ0n) is 23.2. The fourth-order valence-electron chi connectivity index (χ4n) is 4.70. The van der Waals surface area contributed by atoms with E-state index in [4.69, 9.17) is 14.2 Å². The third kappa shape index (κ3) is 6.30. The normalized spacial score (nSPS) is 14.8. The van der Waals surface area contributed by atoms with E-state index in [-0.39, 0.29) is 12.2 Å². The summed E-state index contributed by atoms with van der Waals surface area (Å²) in [5.41, 5.74) is 3.22. The Kier molecular flexibility index (Phi) is 9.45. The Morgan fingerprint density at radius 3 is 2.33 bits per heavy atom. The highest BCUT2D eigenvalue weighted by molar-refractivity contribution is 9.11. The van der Waals surface area contributed by atoms with Gasteiger partial charge in [-0.1, -0.05) is 53.8 Å². The molecule has 1 atom stereocenters. The van der Waals surface area contributed by atoms with Gasteiger partial charge in [-0.3, -0.25) is 9.36 Å². The summed E-state index contributed by atoms with van der Waals surface area (Å²) < 4.78 is 20.6. The predicted molar refractivity (Wildman–Crippen MR) is 171 cm³/mol. The summed E-state index contributed by atoms with van der Waals surface area (Å²) in [6, 6.07) is 20.5. The van der Waals surface area contributed by atoms with Gasteiger partial charge in [0.2, 0.25) is 0 Å². The van der Waals surface area contributed by atoms with Gasteiger partial charge in [-0.05, 0) is 99.7 Å². The number of thiazole rings is 1. The van der Waals surface area contributed by atoms with Crippen LogP contribution in [0, 0.1) is 0 Å². The average Bonchev–Trinajstić information content (AvgIpc) is 3.27. The summed E-state index contributed by atoms with van der Waals surface area (Å²) in [5, 5.41) is 0. The molecule has 0 saturated carbocycles. The Morgan fingerprint density at radius 1 is 1.00 bits per heavy atom. The topological polar surface area (TPSA) is 79.1 Å². The Hall–Kier alpha value is -3.47. The molecule has 4 aromatic rings. The Labute approximate surface area is 264 Å². The van der Waals surface area contributed by atoms with E-state index in [1.165, 1.54) is 11.3 Å². The lowest BCUT2D eigenvalue weighted by Gasteiger charge is -2.24. The van der Waals surface area contributed by atoms with E-state index in [1.807, 2.05) is 79.7 Å². The Morgan fingerprint density at radius 2 is 1.69 bits per heavy atom. The minimum atomic E-state index is -0.689. The lowest BCUT2D eigenvalue weighted by molar-refractivity contribution is -0.139. The van der Waals surface area contributed by atoms with Crippen LogP contribution in [0.1, 0.15) is 43.5 Å². The van der Waals surface area contributed by atoms with Crippen LogP contribution < -0.4 is 24.4 Å². The number of nitrogens with zero attached hydrogens (tertiary/aromatic N) is 2. The number of carbonyl (C=O) groups excluding carboxylic acids is 1. The van der Waals surface area contributed by atoms with Crippen LogP contribution in [0.5, 0.6) is 11.5 Å². The first-order valence-corrected chi connectivity index (χ1v) is 15.8. The highest BCUT2D eigenvalue weighted by atomic mass is 79.9. The molecule has 7 nitrogen and oxygen atoms in total. The van der Waals surface area contributed by atoms with Crippen LogP contribution in [0.4, 0.5) is 0 Å². The lowest BCUT2D eigenvalue weighted by Crippen LogP contribution is -2.39. The zero-order chi connectivity index (χ0) is 29.8. The quantitative estimate of drug-likeness (QED) is 0.191. The first kappa shape index (κ1) is 30.0. The number of aromatic nitrogens is 1. The van der Waals surface area contributed by atoms with Crippen molar-refractivity contribution in [3.8, 4) is 11.5 Å². The number of hydrogen-bond acceptors (Lipinski definition) is 7. The minimum absolute atomic E-state index is 0.213. The Balaban J connectivity index is 1.56. The van der Waals surface area contributed by atoms with Crippen LogP contribution in [-0.4, -0.2) is 23.8 Å². The van der Waals surface area contributed by atoms with Crippen molar-refractivity contribution in [2.24, 2.45) is 4.99 Å². The third-order valence-corrected chi connectivity index (χ3v) is 8.73. The van der Waals surface area contributed by atoms with Crippen LogP contribution >= 0.6 is 43.2 Å². The summed E-state index contributed by atoms with van der Waals surface area (Å²) in [5.74, 6) is 0.882. The van der Waals surface area contributed by atoms with Crippen LogP contribution in [0.15, 0.2) is 96.7 Å². The summed E-state index contributed by atoms with van der Waals surface area (Å²) in [6.07, 6.45) is 1.82. The number of hydrogen-bond donors (Lipinski definition) is 0. The number of rotatable bonds is 9. The van der Waals surface area contributed by atoms with Gasteiger partial charge < -0.3 is 14.2 Å². The molecular weight excluding hydrogens is 684 g/mol. The standard InChI is InChI=1S/C32H28Br2N2O5S/c1-4-39-23-13-11-22(12-14-23)28-27(31(38)40-5-2)19(3)35-32-36(28)30(37)26(42-32)17-21-15-24(33)29(25(34)16-21)41-18-20-9-7-6-8-10-20/h6-17,28H,4-5,18H2,1-3H3/b26-17-/t28-/m0/s1. The molecule has 1 aromatic heterocycles. The fraction of sp³-hybridized carbons (Fsp3) is 0.219. The maximum atomic E-state index is 13.9. The summed E-state index contributed by atoms with van der Waals surface area (Å²) >= 11 is 8.52. The van der Waals surface area contributed by atoms with E-state index in [0.29, 0.717) is 45.3 Å². The van der Waals surface area contributed by atoms with Gasteiger partial charge in [-0.25, -0.2) is 9.79 Å². The highest BCUT2D eigenvalue weighted by Crippen LogP contribution is 2.36. The second-order valence-corrected chi connectivity index (χ2v) is 12.1. The molecule has 5 rings (SSSR count). The Bertz CT molecular complexity index is 1810. The SMILES string of the molecule is CCOC(=O)C1=C(C)N=c2s/c(=C\c3cc(Br)c(OCc4ccccc4)c(Br)c3)c(=O)n2[C@H]1c1ccc(OCC)cc1. The van der Waals surface area contributed by atoms with Crippen LogP contribution in [0.25, 0.3) is 6.08 Å². The number of benzene rings is 3. The van der Waals surface area contributed by atoms with Gasteiger partial charge in [-0.15, -0.1) is 0 Å². The number of allylic oxidation sites excluding steroid dienone is 1. The summed E-state index contributed by atoms with van der Waals surface area (Å²) in [4.78, 5) is 32.2. The summed E-state index contributed by atoms with van der Waals surface area (Å²) in [6.45, 7) is 6.61. The second kappa shape index (κ2) is 13.2. The van der Waals surface area contributed by atoms with E-state index < -0.39 is 12.0 Å². The molecule has 42 heavy (non-hydrogen) atoms. The molecule has 0 unspecified atom stereocenters. The molecule has 2 heterocycles. The zero-order valence-corrected chi connectivity index (χ0v) is 27.2. The monoisotopic (exact) mass is 710 g/mol. The van der Waals surface area contributed by atoms with E-state index in [9.17, 15) is 9.59 Å². The molecule has 0 radical (unpaired) electrons. The molecule has 0 bridgehead atoms. The van der Waals surface area contributed by atoms with E-state index in [1.54, 1.807) is 18.4 Å². The third-order valence-electron chi connectivity index (χ3n) is 6.57. The smallest absolute Gasteiger partial charge is 0.338 e. The fourth-order valence-corrected chi connectivity index (χ4v) is 7.20. The van der Waals surface area contributed by atoms with Crippen molar-refractivity contribution in [1.82, 2.24) is 4.57 Å². The van der Waals surface area contributed by atoms with Crippen LogP contribution in [-0.2, 0) is 16.1 Å². The maximum absolute atomic E-state index is 13.9. The molecular formula is C32H28Br2N2O5S. The van der Waals surface area contributed by atoms with Crippen molar-refractivity contribution in [2.45, 2.75) is 33.4 Å². The number of fused-ring (bicyclic) bond motifs is 1. The number of halogens is 2. The van der Waals surface area contributed by atoms with Gasteiger partial charge in [0.05, 0.1) is 44.0 Å². The van der Waals surface area contributed by atoms with Gasteiger partial charge in [0.15, 0.2) is 4.80 Å². The molecule has 0 spiro atoms. The number of carbonyl (C=O) groups is 1. The molecule has 1 aliphatic rings. The molecule has 216 valence electrons. The molecule has 0 amide bonds. The van der Waals surface area contributed by atoms with E-state index in [0.717, 1.165) is 25.6 Å². The summed E-state index contributed by atoms with van der Waals surface area (Å²) in [7, 11) is 0. The molecule has 0 fully saturated rings. The van der Waals surface area contributed by atoms with Crippen molar-refractivity contribution >= 4 is 55.2 Å². The second-order valence-electron chi connectivity index (χ2n) is 9.39. The molecule has 1 aliphatic heterocycles. The molecule has 0 aliphatic carbocycles. The van der Waals surface area contributed by atoms with Gasteiger partial charge in [0.1, 0.15) is 18.1 Å². The molecule has 0 saturated heterocycles. The molecule has 3 aromatic carbocycles. The van der Waals surface area contributed by atoms with Crippen LogP contribution in [0.3, 0.4) is 0 Å². The highest BCUT2D eigenvalue weighted by Gasteiger charge is 2.33. The van der Waals surface area contributed by atoms with Gasteiger partial charge in [0.25, 0.3) is 5.56 Å². The lowest BCUT2D eigenvalue weighted by atomic mass is 9.96. The maximum Gasteiger partial charge on any atom is 0.338 e. The van der Waals surface area contributed by atoms with Crippen molar-refractivity contribution < 1.29 is 19.0 Å². The van der Waals surface area contributed by atoms with Gasteiger partial charge in [0, 0.05) is 0 Å². The molecule has 10 heteroatoms. The van der Waals surface area contributed by atoms with E-state index >= 15 is 0 Å². The predicted octanol–water partition coefficient (Wildman–Crippen LogP) is 6.30. The number of ether oxygens (including phenoxy) is 3. The minimum Gasteiger partial charge on any atom is -0.494 e. The van der Waals surface area contributed by atoms with E-state index in [2.05, 4.69) is 36.9 Å². The van der Waals surface area contributed by atoms with Crippen molar-refractivity contribution in [3.63, 3.8) is 0 Å². The number of esters is 1. The van der Waals surface area contributed by atoms with Gasteiger partial charge in [-0.2, -0.15) is 0 Å². The van der Waals surface area contributed by atoms with Crippen molar-refractivity contribution in [1.29, 1.82) is 0 Å². The van der Waals surface area contributed by atoms with Crippen molar-refractivity contribution in [3.05, 3.63) is 123 Å². The molecule has 0 N–H and O–H groups in total. The largest absolute Gasteiger partial charge is 0.494 e.